The van der Waals surface area contributed by atoms with E-state index in [0.717, 1.165) is 68.4 Å². The summed E-state index contributed by atoms with van der Waals surface area (Å²) >= 11 is 6.69. The van der Waals surface area contributed by atoms with Gasteiger partial charge in [-0.05, 0) is 38.5 Å². The summed E-state index contributed by atoms with van der Waals surface area (Å²) in [6, 6.07) is 0. The molecule has 0 aliphatic heterocycles. The highest BCUT2D eigenvalue weighted by Crippen LogP contribution is 2.09. The quantitative estimate of drug-likeness (QED) is 0.182. The van der Waals surface area contributed by atoms with Crippen LogP contribution in [-0.4, -0.2) is 35.8 Å². The first kappa shape index (κ1) is 22.9. The summed E-state index contributed by atoms with van der Waals surface area (Å²) in [5.74, 6) is -0.182. The molecule has 6 heteroatoms. The standard InChI is InChI=1S/C17H30Br2O4/c18-12-6-8-14-22-16(20)10-4-2-1-3-5-11-17(21)23-15-9-7-13-19/h1-15H2. The van der Waals surface area contributed by atoms with Gasteiger partial charge in [0.25, 0.3) is 0 Å². The summed E-state index contributed by atoms with van der Waals surface area (Å²) in [7, 11) is 0. The third-order valence-electron chi connectivity index (χ3n) is 3.34. The van der Waals surface area contributed by atoms with E-state index in [1.807, 2.05) is 0 Å². The maximum atomic E-state index is 11.4. The number of unbranched alkanes of at least 4 members (excludes halogenated alkanes) is 6. The largest absolute Gasteiger partial charge is 0.466 e. The maximum absolute atomic E-state index is 11.4. The molecular formula is C17H30Br2O4. The van der Waals surface area contributed by atoms with Crippen molar-refractivity contribution < 1.29 is 19.1 Å². The first-order valence-corrected chi connectivity index (χ1v) is 10.9. The predicted molar refractivity (Wildman–Crippen MR) is 100 cm³/mol. The topological polar surface area (TPSA) is 52.6 Å². The summed E-state index contributed by atoms with van der Waals surface area (Å²) in [6.07, 6.45) is 9.72. The van der Waals surface area contributed by atoms with E-state index in [-0.39, 0.29) is 11.9 Å². The lowest BCUT2D eigenvalue weighted by Crippen LogP contribution is -2.06. The molecule has 0 aliphatic rings. The predicted octanol–water partition coefficient (Wildman–Crippen LogP) is 5.15. The van der Waals surface area contributed by atoms with Crippen LogP contribution < -0.4 is 0 Å². The number of carbonyl (C=O) groups excluding carboxylic acids is 2. The van der Waals surface area contributed by atoms with Gasteiger partial charge in [-0.25, -0.2) is 0 Å². The summed E-state index contributed by atoms with van der Waals surface area (Å²) < 4.78 is 10.3. The van der Waals surface area contributed by atoms with Crippen LogP contribution in [0.15, 0.2) is 0 Å². The van der Waals surface area contributed by atoms with Crippen LogP contribution in [0, 0.1) is 0 Å². The van der Waals surface area contributed by atoms with Crippen LogP contribution in [0.3, 0.4) is 0 Å². The Morgan fingerprint density at radius 2 is 0.957 bits per heavy atom. The van der Waals surface area contributed by atoms with Crippen molar-refractivity contribution in [3.05, 3.63) is 0 Å². The van der Waals surface area contributed by atoms with Crippen LogP contribution in [0.1, 0.15) is 70.6 Å². The second kappa shape index (κ2) is 18.2. The molecule has 0 fully saturated rings. The van der Waals surface area contributed by atoms with Crippen LogP contribution >= 0.6 is 31.9 Å². The van der Waals surface area contributed by atoms with Crippen LogP contribution in [0.5, 0.6) is 0 Å². The summed E-state index contributed by atoms with van der Waals surface area (Å²) in [5, 5.41) is 1.91. The molecule has 0 aliphatic carbocycles. The molecule has 0 aromatic heterocycles. The molecule has 0 spiro atoms. The van der Waals surface area contributed by atoms with Crippen LogP contribution in [-0.2, 0) is 19.1 Å². The zero-order valence-corrected chi connectivity index (χ0v) is 17.2. The van der Waals surface area contributed by atoms with Crippen molar-refractivity contribution in [1.29, 1.82) is 0 Å². The van der Waals surface area contributed by atoms with Crippen molar-refractivity contribution in [2.75, 3.05) is 23.9 Å². The Morgan fingerprint density at radius 3 is 1.35 bits per heavy atom. The highest BCUT2D eigenvalue weighted by molar-refractivity contribution is 9.09. The molecule has 0 saturated carbocycles. The summed E-state index contributed by atoms with van der Waals surface area (Å²) in [5.41, 5.74) is 0. The Hall–Kier alpha value is -0.100. The number of carbonyl (C=O) groups is 2. The molecule has 0 saturated heterocycles. The highest BCUT2D eigenvalue weighted by Gasteiger charge is 2.04. The molecule has 0 atom stereocenters. The van der Waals surface area contributed by atoms with E-state index in [0.29, 0.717) is 26.1 Å². The third kappa shape index (κ3) is 18.1. The Morgan fingerprint density at radius 1 is 0.565 bits per heavy atom. The van der Waals surface area contributed by atoms with Gasteiger partial charge in [-0.3, -0.25) is 9.59 Å². The van der Waals surface area contributed by atoms with Crippen molar-refractivity contribution in [1.82, 2.24) is 0 Å². The first-order valence-electron chi connectivity index (χ1n) is 8.64. The SMILES string of the molecule is O=C(CCCCCCCC(=O)OCCCCBr)OCCCCBr. The summed E-state index contributed by atoms with van der Waals surface area (Å²) in [4.78, 5) is 22.9. The fourth-order valence-corrected chi connectivity index (χ4v) is 2.77. The van der Waals surface area contributed by atoms with Gasteiger partial charge >= 0.3 is 11.9 Å². The Bertz CT molecular complexity index is 270. The van der Waals surface area contributed by atoms with E-state index in [4.69, 9.17) is 9.47 Å². The molecule has 0 N–H and O–H groups in total. The van der Waals surface area contributed by atoms with E-state index < -0.39 is 0 Å². The molecule has 0 aromatic carbocycles. The van der Waals surface area contributed by atoms with Crippen molar-refractivity contribution in [3.63, 3.8) is 0 Å². The second-order valence-electron chi connectivity index (χ2n) is 5.50. The van der Waals surface area contributed by atoms with Crippen LogP contribution in [0.25, 0.3) is 0 Å². The highest BCUT2D eigenvalue weighted by atomic mass is 79.9. The molecule has 0 radical (unpaired) electrons. The number of hydrogen-bond acceptors (Lipinski definition) is 4. The third-order valence-corrected chi connectivity index (χ3v) is 4.47. The number of halogens is 2. The van der Waals surface area contributed by atoms with E-state index in [9.17, 15) is 9.59 Å². The van der Waals surface area contributed by atoms with Crippen LogP contribution in [0.4, 0.5) is 0 Å². The molecule has 0 heterocycles. The number of hydrogen-bond donors (Lipinski definition) is 0. The van der Waals surface area contributed by atoms with Gasteiger partial charge in [-0.1, -0.05) is 51.1 Å². The van der Waals surface area contributed by atoms with Gasteiger partial charge < -0.3 is 9.47 Å². The molecule has 23 heavy (non-hydrogen) atoms. The van der Waals surface area contributed by atoms with Crippen molar-refractivity contribution in [3.8, 4) is 0 Å². The van der Waals surface area contributed by atoms with Gasteiger partial charge in [0.05, 0.1) is 13.2 Å². The fourth-order valence-electron chi connectivity index (χ4n) is 1.98. The smallest absolute Gasteiger partial charge is 0.305 e. The monoisotopic (exact) mass is 456 g/mol. The molecular weight excluding hydrogens is 428 g/mol. The Kier molecular flexibility index (Phi) is 18.2. The first-order chi connectivity index (χ1) is 11.2. The van der Waals surface area contributed by atoms with Crippen LogP contribution in [0.2, 0.25) is 0 Å². The van der Waals surface area contributed by atoms with Gasteiger partial charge in [0, 0.05) is 23.5 Å². The molecule has 136 valence electrons. The molecule has 4 nitrogen and oxygen atoms in total. The van der Waals surface area contributed by atoms with Crippen molar-refractivity contribution in [2.24, 2.45) is 0 Å². The molecule has 0 unspecified atom stereocenters. The zero-order valence-electron chi connectivity index (χ0n) is 14.0. The average molecular weight is 458 g/mol. The van der Waals surface area contributed by atoms with Gasteiger partial charge in [0.15, 0.2) is 0 Å². The average Bonchev–Trinajstić information content (AvgIpc) is 2.54. The maximum Gasteiger partial charge on any atom is 0.305 e. The minimum atomic E-state index is -0.0911. The summed E-state index contributed by atoms with van der Waals surface area (Å²) in [6.45, 7) is 1.06. The van der Waals surface area contributed by atoms with Gasteiger partial charge in [-0.2, -0.15) is 0 Å². The van der Waals surface area contributed by atoms with E-state index in [1.54, 1.807) is 0 Å². The number of rotatable bonds is 16. The lowest BCUT2D eigenvalue weighted by molar-refractivity contribution is -0.144. The minimum absolute atomic E-state index is 0.0911. The Balaban J connectivity index is 3.26. The lowest BCUT2D eigenvalue weighted by Gasteiger charge is -2.05. The minimum Gasteiger partial charge on any atom is -0.466 e. The fraction of sp³-hybridized carbons (Fsp3) is 0.882. The van der Waals surface area contributed by atoms with E-state index >= 15 is 0 Å². The number of alkyl halides is 2. The molecule has 0 aromatic rings. The van der Waals surface area contributed by atoms with Gasteiger partial charge in [-0.15, -0.1) is 0 Å². The van der Waals surface area contributed by atoms with Crippen molar-refractivity contribution in [2.45, 2.75) is 70.6 Å². The lowest BCUT2D eigenvalue weighted by atomic mass is 10.1. The number of ether oxygens (including phenoxy) is 2. The zero-order chi connectivity index (χ0) is 17.2. The van der Waals surface area contributed by atoms with E-state index in [2.05, 4.69) is 31.9 Å². The number of esters is 2. The molecule has 0 rings (SSSR count). The molecule has 0 amide bonds. The van der Waals surface area contributed by atoms with Crippen molar-refractivity contribution >= 4 is 43.8 Å². The molecule has 0 bridgehead atoms. The van der Waals surface area contributed by atoms with E-state index in [1.165, 1.54) is 0 Å². The normalized spacial score (nSPS) is 10.5. The Labute approximate surface area is 157 Å². The second-order valence-corrected chi connectivity index (χ2v) is 7.09. The van der Waals surface area contributed by atoms with Gasteiger partial charge in [0.1, 0.15) is 0 Å². The van der Waals surface area contributed by atoms with Gasteiger partial charge in [0.2, 0.25) is 0 Å².